The van der Waals surface area contributed by atoms with Gasteiger partial charge >= 0.3 is 0 Å². The molecule has 2 amide bonds. The second-order valence-electron chi connectivity index (χ2n) is 4.09. The topological polar surface area (TPSA) is 49.4 Å². The lowest BCUT2D eigenvalue weighted by Crippen LogP contribution is -2.61. The predicted octanol–water partition coefficient (Wildman–Crippen LogP) is 1.69. The number of carbonyl (C=O) groups excluding carboxylic acids is 2. The third kappa shape index (κ3) is 2.20. The van der Waals surface area contributed by atoms with Crippen molar-refractivity contribution in [1.29, 1.82) is 0 Å². The van der Waals surface area contributed by atoms with Gasteiger partial charge in [-0.1, -0.05) is 22.0 Å². The van der Waals surface area contributed by atoms with E-state index in [1.54, 1.807) is 13.8 Å². The van der Waals surface area contributed by atoms with Crippen LogP contribution in [-0.4, -0.2) is 23.9 Å². The Kier molecular flexibility index (Phi) is 3.19. The van der Waals surface area contributed by atoms with Gasteiger partial charge in [-0.05, 0) is 32.0 Å². The van der Waals surface area contributed by atoms with Crippen molar-refractivity contribution in [2.75, 3.05) is 4.90 Å². The second kappa shape index (κ2) is 4.49. The largest absolute Gasteiger partial charge is 0.348 e. The zero-order valence-corrected chi connectivity index (χ0v) is 11.2. The molecule has 0 aromatic heterocycles. The van der Waals surface area contributed by atoms with Crippen LogP contribution in [0.3, 0.4) is 0 Å². The first-order valence-electron chi connectivity index (χ1n) is 5.39. The minimum Gasteiger partial charge on any atom is -0.348 e. The number of halogens is 1. The molecule has 2 atom stereocenters. The van der Waals surface area contributed by atoms with E-state index in [-0.39, 0.29) is 23.9 Å². The lowest BCUT2D eigenvalue weighted by Gasteiger charge is -2.38. The number of benzene rings is 1. The molecule has 1 N–H and O–H groups in total. The van der Waals surface area contributed by atoms with Crippen molar-refractivity contribution in [2.45, 2.75) is 25.9 Å². The number of hydrogen-bond acceptors (Lipinski definition) is 3. The zero-order valence-electron chi connectivity index (χ0n) is 9.61. The Hall–Kier alpha value is -1.36. The van der Waals surface area contributed by atoms with Crippen molar-refractivity contribution < 1.29 is 9.59 Å². The van der Waals surface area contributed by atoms with Gasteiger partial charge in [-0.2, -0.15) is 0 Å². The maximum atomic E-state index is 11.6. The molecule has 17 heavy (non-hydrogen) atoms. The summed E-state index contributed by atoms with van der Waals surface area (Å²) in [6, 6.07) is 6.89. The van der Waals surface area contributed by atoms with Gasteiger partial charge in [0.05, 0.1) is 0 Å². The van der Waals surface area contributed by atoms with Gasteiger partial charge in [0.25, 0.3) is 0 Å². The average molecular weight is 297 g/mol. The smallest absolute Gasteiger partial charge is 0.249 e. The van der Waals surface area contributed by atoms with Crippen molar-refractivity contribution in [3.05, 3.63) is 28.7 Å². The van der Waals surface area contributed by atoms with E-state index in [2.05, 4.69) is 21.2 Å². The Morgan fingerprint density at radius 2 is 1.76 bits per heavy atom. The lowest BCUT2D eigenvalue weighted by atomic mass is 10.1. The number of imide groups is 1. The van der Waals surface area contributed by atoms with Crippen LogP contribution in [0.25, 0.3) is 0 Å². The second-order valence-corrected chi connectivity index (χ2v) is 5.01. The molecule has 1 saturated heterocycles. The van der Waals surface area contributed by atoms with Crippen molar-refractivity contribution in [1.82, 2.24) is 5.32 Å². The molecule has 90 valence electrons. The molecule has 1 aliphatic heterocycles. The van der Waals surface area contributed by atoms with Crippen LogP contribution in [0, 0.1) is 0 Å². The van der Waals surface area contributed by atoms with Gasteiger partial charge in [0, 0.05) is 10.2 Å². The van der Waals surface area contributed by atoms with Crippen LogP contribution < -0.4 is 10.2 Å². The molecule has 2 rings (SSSR count). The van der Waals surface area contributed by atoms with E-state index >= 15 is 0 Å². The Morgan fingerprint density at radius 3 is 2.29 bits per heavy atom. The van der Waals surface area contributed by atoms with E-state index in [0.717, 1.165) is 10.2 Å². The summed E-state index contributed by atoms with van der Waals surface area (Å²) in [7, 11) is 0. The van der Waals surface area contributed by atoms with E-state index in [0.29, 0.717) is 0 Å². The Bertz CT molecular complexity index is 455. The van der Waals surface area contributed by atoms with Gasteiger partial charge in [0.1, 0.15) is 12.1 Å². The summed E-state index contributed by atoms with van der Waals surface area (Å²) in [4.78, 5) is 25.1. The van der Waals surface area contributed by atoms with Crippen LogP contribution in [0.1, 0.15) is 13.8 Å². The summed E-state index contributed by atoms with van der Waals surface area (Å²) in [6.07, 6.45) is 0. The third-order valence-electron chi connectivity index (χ3n) is 2.95. The van der Waals surface area contributed by atoms with Gasteiger partial charge < -0.3 is 4.90 Å². The highest BCUT2D eigenvalue weighted by atomic mass is 79.9. The number of carbonyl (C=O) groups is 2. The van der Waals surface area contributed by atoms with Gasteiger partial charge in [0.2, 0.25) is 11.8 Å². The van der Waals surface area contributed by atoms with Crippen LogP contribution in [0.15, 0.2) is 28.7 Å². The monoisotopic (exact) mass is 296 g/mol. The summed E-state index contributed by atoms with van der Waals surface area (Å²) >= 11 is 3.39. The Labute approximate surface area is 108 Å². The molecule has 2 unspecified atom stereocenters. The number of piperazine rings is 1. The molecule has 5 heteroatoms. The lowest BCUT2D eigenvalue weighted by molar-refractivity contribution is -0.134. The number of amides is 2. The van der Waals surface area contributed by atoms with Gasteiger partial charge in [-0.15, -0.1) is 0 Å². The fourth-order valence-electron chi connectivity index (χ4n) is 2.00. The summed E-state index contributed by atoms with van der Waals surface area (Å²) in [5, 5.41) is 2.36. The van der Waals surface area contributed by atoms with E-state index < -0.39 is 0 Å². The highest BCUT2D eigenvalue weighted by Gasteiger charge is 2.36. The first-order valence-corrected chi connectivity index (χ1v) is 6.18. The van der Waals surface area contributed by atoms with Crippen LogP contribution in [0.2, 0.25) is 0 Å². The zero-order chi connectivity index (χ0) is 12.6. The number of hydrogen-bond donors (Lipinski definition) is 1. The van der Waals surface area contributed by atoms with E-state index in [1.165, 1.54) is 0 Å². The van der Waals surface area contributed by atoms with Crippen molar-refractivity contribution >= 4 is 33.4 Å². The third-order valence-corrected chi connectivity index (χ3v) is 3.44. The molecule has 0 aliphatic carbocycles. The molecule has 0 radical (unpaired) electrons. The molecule has 0 bridgehead atoms. The molecule has 0 spiro atoms. The fourth-order valence-corrected chi connectivity index (χ4v) is 2.39. The number of rotatable bonds is 1. The van der Waals surface area contributed by atoms with Crippen molar-refractivity contribution in [2.24, 2.45) is 0 Å². The maximum Gasteiger partial charge on any atom is 0.249 e. The minimum atomic E-state index is -0.350. The van der Waals surface area contributed by atoms with E-state index in [1.807, 2.05) is 29.2 Å². The van der Waals surface area contributed by atoms with Crippen molar-refractivity contribution in [3.63, 3.8) is 0 Å². The number of nitrogens with one attached hydrogen (secondary N) is 1. The Morgan fingerprint density at radius 1 is 1.18 bits per heavy atom. The van der Waals surface area contributed by atoms with E-state index in [4.69, 9.17) is 0 Å². The molecule has 1 aliphatic rings. The van der Waals surface area contributed by atoms with Gasteiger partial charge in [0.15, 0.2) is 0 Å². The number of nitrogens with zero attached hydrogens (tertiary/aromatic N) is 1. The molecular weight excluding hydrogens is 284 g/mol. The SMILES string of the molecule is CC1C(=O)NC(=O)C(C)N1c1cccc(Br)c1. The standard InChI is InChI=1S/C12H13BrN2O2/c1-7-11(16)14-12(17)8(2)15(7)10-5-3-4-9(13)6-10/h3-8H,1-2H3,(H,14,16,17). The molecule has 0 saturated carbocycles. The van der Waals surface area contributed by atoms with Crippen LogP contribution in [-0.2, 0) is 9.59 Å². The molecule has 1 aromatic carbocycles. The Balaban J connectivity index is 2.40. The first-order chi connectivity index (χ1) is 8.00. The maximum absolute atomic E-state index is 11.6. The molecular formula is C12H13BrN2O2. The highest BCUT2D eigenvalue weighted by Crippen LogP contribution is 2.25. The summed E-state index contributed by atoms with van der Waals surface area (Å²) in [6.45, 7) is 3.58. The van der Waals surface area contributed by atoms with E-state index in [9.17, 15) is 9.59 Å². The summed E-state index contributed by atoms with van der Waals surface area (Å²) in [5.41, 5.74) is 0.863. The van der Waals surface area contributed by atoms with Crippen LogP contribution in [0.4, 0.5) is 5.69 Å². The van der Waals surface area contributed by atoms with Crippen LogP contribution >= 0.6 is 15.9 Å². The van der Waals surface area contributed by atoms with Gasteiger partial charge in [-0.3, -0.25) is 14.9 Å². The van der Waals surface area contributed by atoms with Crippen molar-refractivity contribution in [3.8, 4) is 0 Å². The average Bonchev–Trinajstić information content (AvgIpc) is 2.27. The molecule has 1 fully saturated rings. The molecule has 4 nitrogen and oxygen atoms in total. The number of anilines is 1. The molecule has 1 aromatic rings. The molecule has 1 heterocycles. The highest BCUT2D eigenvalue weighted by molar-refractivity contribution is 9.10. The normalized spacial score (nSPS) is 24.8. The van der Waals surface area contributed by atoms with Crippen LogP contribution in [0.5, 0.6) is 0 Å². The first kappa shape index (κ1) is 12.1. The minimum absolute atomic E-state index is 0.256. The van der Waals surface area contributed by atoms with Gasteiger partial charge in [-0.25, -0.2) is 0 Å². The fraction of sp³-hybridized carbons (Fsp3) is 0.333. The summed E-state index contributed by atoms with van der Waals surface area (Å²) in [5.74, 6) is -0.513. The predicted molar refractivity (Wildman–Crippen MR) is 68.7 cm³/mol. The summed E-state index contributed by atoms with van der Waals surface area (Å²) < 4.78 is 0.924. The quantitative estimate of drug-likeness (QED) is 0.803.